The Kier molecular flexibility index (Phi) is 14.1. The number of nitrogens with zero attached hydrogens (tertiary/aromatic N) is 1. The van der Waals surface area contributed by atoms with Crippen LogP contribution in [0.4, 0.5) is 4.79 Å². The van der Waals surface area contributed by atoms with Crippen LogP contribution in [0.25, 0.3) is 0 Å². The molecule has 2 aromatic carbocycles. The van der Waals surface area contributed by atoms with Gasteiger partial charge >= 0.3 is 6.09 Å². The fraction of sp³-hybridized carbons (Fsp3) is 0.515. The first kappa shape index (κ1) is 33.7. The highest BCUT2D eigenvalue weighted by molar-refractivity contribution is 5.94. The first-order chi connectivity index (χ1) is 20.8. The lowest BCUT2D eigenvalue weighted by molar-refractivity contribution is -0.154. The van der Waals surface area contributed by atoms with E-state index in [2.05, 4.69) is 10.6 Å². The number of ether oxygens (including phenoxy) is 3. The number of carbonyl (C=O) groups excluding carboxylic acids is 4. The zero-order chi connectivity index (χ0) is 31.0. The summed E-state index contributed by atoms with van der Waals surface area (Å²) < 4.78 is 16.4. The number of carbonyl (C=O) groups is 4. The van der Waals surface area contributed by atoms with Crippen molar-refractivity contribution in [1.82, 2.24) is 15.5 Å². The summed E-state index contributed by atoms with van der Waals surface area (Å²) in [6.45, 7) is 4.52. The second-order valence-electron chi connectivity index (χ2n) is 10.7. The summed E-state index contributed by atoms with van der Waals surface area (Å²) in [5.74, 6) is -0.259. The van der Waals surface area contributed by atoms with E-state index in [0.717, 1.165) is 37.7 Å². The van der Waals surface area contributed by atoms with Crippen LogP contribution in [-0.4, -0.2) is 74.3 Å². The number of ketones is 1. The molecule has 0 aliphatic heterocycles. The topological polar surface area (TPSA) is 123 Å². The predicted molar refractivity (Wildman–Crippen MR) is 163 cm³/mol. The molecule has 3 amide bonds. The molecule has 1 saturated carbocycles. The number of benzene rings is 2. The smallest absolute Gasteiger partial charge is 0.410 e. The Bertz CT molecular complexity index is 1170. The van der Waals surface area contributed by atoms with Crippen LogP contribution < -0.4 is 15.4 Å². The largest absolute Gasteiger partial charge is 0.412 e. The third-order valence-electron chi connectivity index (χ3n) is 7.61. The third-order valence-corrected chi connectivity index (χ3v) is 7.61. The van der Waals surface area contributed by atoms with Gasteiger partial charge in [-0.3, -0.25) is 14.4 Å². The van der Waals surface area contributed by atoms with Crippen LogP contribution in [0.5, 0.6) is 5.75 Å². The minimum absolute atomic E-state index is 0.0153. The Balaban J connectivity index is 1.63. The Morgan fingerprint density at radius 2 is 1.67 bits per heavy atom. The van der Waals surface area contributed by atoms with Crippen LogP contribution in [0.2, 0.25) is 0 Å². The molecule has 1 unspecified atom stereocenters. The minimum Gasteiger partial charge on any atom is -0.410 e. The second kappa shape index (κ2) is 18.0. The number of hydrogen-bond acceptors (Lipinski definition) is 7. The third kappa shape index (κ3) is 11.4. The van der Waals surface area contributed by atoms with Crippen LogP contribution >= 0.6 is 0 Å². The van der Waals surface area contributed by atoms with Crippen molar-refractivity contribution >= 4 is 23.7 Å². The van der Waals surface area contributed by atoms with Gasteiger partial charge in [-0.1, -0.05) is 49.6 Å². The summed E-state index contributed by atoms with van der Waals surface area (Å²) in [5.41, 5.74) is 1.62. The molecule has 2 aromatic rings. The lowest BCUT2D eigenvalue weighted by atomic mass is 9.83. The quantitative estimate of drug-likeness (QED) is 0.216. The lowest BCUT2D eigenvalue weighted by Gasteiger charge is -2.35. The van der Waals surface area contributed by atoms with Gasteiger partial charge in [-0.2, -0.15) is 0 Å². The maximum atomic E-state index is 14.1. The average molecular weight is 596 g/mol. The summed E-state index contributed by atoms with van der Waals surface area (Å²) in [5, 5.41) is 5.57. The number of amides is 3. The molecule has 43 heavy (non-hydrogen) atoms. The zero-order valence-electron chi connectivity index (χ0n) is 25.5. The lowest BCUT2D eigenvalue weighted by Crippen LogP contribution is -2.55. The van der Waals surface area contributed by atoms with Crippen molar-refractivity contribution < 1.29 is 33.4 Å². The Morgan fingerprint density at radius 1 is 0.977 bits per heavy atom. The van der Waals surface area contributed by atoms with Crippen molar-refractivity contribution in [2.24, 2.45) is 5.92 Å². The van der Waals surface area contributed by atoms with Crippen LogP contribution in [0, 0.1) is 5.92 Å². The molecule has 0 aromatic heterocycles. The van der Waals surface area contributed by atoms with Gasteiger partial charge < -0.3 is 29.7 Å². The fourth-order valence-corrected chi connectivity index (χ4v) is 5.23. The molecule has 1 fully saturated rings. The van der Waals surface area contributed by atoms with Gasteiger partial charge in [-0.25, -0.2) is 4.79 Å². The van der Waals surface area contributed by atoms with Crippen LogP contribution in [0.1, 0.15) is 68.3 Å². The second-order valence-corrected chi connectivity index (χ2v) is 10.7. The number of nitrogens with one attached hydrogen (secondary N) is 2. The number of methoxy groups -OCH3 is 1. The molecule has 234 valence electrons. The van der Waals surface area contributed by atoms with Crippen molar-refractivity contribution in [1.29, 1.82) is 0 Å². The highest BCUT2D eigenvalue weighted by Gasteiger charge is 2.34. The summed E-state index contributed by atoms with van der Waals surface area (Å²) >= 11 is 0. The van der Waals surface area contributed by atoms with Gasteiger partial charge in [-0.05, 0) is 68.9 Å². The van der Waals surface area contributed by atoms with Gasteiger partial charge in [-0.15, -0.1) is 0 Å². The molecule has 2 atom stereocenters. The van der Waals surface area contributed by atoms with E-state index >= 15 is 0 Å². The van der Waals surface area contributed by atoms with Crippen molar-refractivity contribution in [2.45, 2.75) is 71.1 Å². The Labute approximate surface area is 254 Å². The molecule has 0 heterocycles. The summed E-state index contributed by atoms with van der Waals surface area (Å²) in [6, 6.07) is 15.5. The van der Waals surface area contributed by atoms with Gasteiger partial charge in [0.2, 0.25) is 11.8 Å². The summed E-state index contributed by atoms with van der Waals surface area (Å²) in [6.07, 6.45) is 4.19. The minimum atomic E-state index is -0.711. The van der Waals surface area contributed by atoms with E-state index in [1.807, 2.05) is 37.3 Å². The van der Waals surface area contributed by atoms with Crippen LogP contribution in [-0.2, 0) is 25.5 Å². The van der Waals surface area contributed by atoms with E-state index in [1.54, 1.807) is 24.1 Å². The van der Waals surface area contributed by atoms with Crippen LogP contribution in [0.3, 0.4) is 0 Å². The molecule has 0 bridgehead atoms. The molecule has 1 aliphatic carbocycles. The molecule has 0 radical (unpaired) electrons. The van der Waals surface area contributed by atoms with E-state index in [-0.39, 0.29) is 48.8 Å². The normalized spacial score (nSPS) is 14.8. The van der Waals surface area contributed by atoms with Gasteiger partial charge in [0.15, 0.2) is 12.1 Å². The average Bonchev–Trinajstić information content (AvgIpc) is 3.02. The van der Waals surface area contributed by atoms with Gasteiger partial charge in [0.05, 0.1) is 6.54 Å². The molecule has 0 spiro atoms. The molecular formula is C33H45N3O7. The molecule has 3 rings (SSSR count). The van der Waals surface area contributed by atoms with Crippen LogP contribution in [0.15, 0.2) is 54.6 Å². The van der Waals surface area contributed by atoms with E-state index in [9.17, 15) is 19.2 Å². The van der Waals surface area contributed by atoms with Crippen molar-refractivity contribution in [3.63, 3.8) is 0 Å². The first-order valence-corrected chi connectivity index (χ1v) is 15.1. The highest BCUT2D eigenvalue weighted by atomic mass is 16.7. The van der Waals surface area contributed by atoms with E-state index in [0.29, 0.717) is 25.1 Å². The summed E-state index contributed by atoms with van der Waals surface area (Å²) in [4.78, 5) is 52.6. The predicted octanol–water partition coefficient (Wildman–Crippen LogP) is 4.51. The maximum absolute atomic E-state index is 14.1. The van der Waals surface area contributed by atoms with E-state index < -0.39 is 18.4 Å². The van der Waals surface area contributed by atoms with Crippen molar-refractivity contribution in [3.05, 3.63) is 65.7 Å². The van der Waals surface area contributed by atoms with Crippen molar-refractivity contribution in [3.8, 4) is 5.75 Å². The molecule has 0 saturated heterocycles. The fourth-order valence-electron chi connectivity index (χ4n) is 5.23. The van der Waals surface area contributed by atoms with E-state index in [1.165, 1.54) is 19.1 Å². The first-order valence-electron chi connectivity index (χ1n) is 15.1. The van der Waals surface area contributed by atoms with Gasteiger partial charge in [0.25, 0.3) is 0 Å². The SMILES string of the molecule is CCOC(CN(CCc1ccccc1)C(=O)[C@@H](NC(=O)CCNC(=O)Oc1ccc(C(C)=O)cc1)C1CCCCC1)OC. The Hall–Kier alpha value is -3.76. The monoisotopic (exact) mass is 595 g/mol. The zero-order valence-corrected chi connectivity index (χ0v) is 25.5. The molecule has 10 heteroatoms. The number of rotatable bonds is 16. The van der Waals surface area contributed by atoms with Gasteiger partial charge in [0.1, 0.15) is 11.8 Å². The molecular weight excluding hydrogens is 550 g/mol. The number of hydrogen-bond donors (Lipinski definition) is 2. The molecule has 10 nitrogen and oxygen atoms in total. The maximum Gasteiger partial charge on any atom is 0.412 e. The molecule has 1 aliphatic rings. The standard InChI is InChI=1S/C33H45N3O7/c1-4-42-30(41-3)23-36(22-20-25-11-7-5-8-12-25)32(39)31(27-13-9-6-10-14-27)35-29(38)19-21-34-33(40)43-28-17-15-26(16-18-28)24(2)37/h5,7-8,11-12,15-18,27,30-31H,4,6,9-10,13-14,19-23H2,1-3H3,(H,34,40)(H,35,38)/t30?,31-/m0/s1. The molecule has 2 N–H and O–H groups in total. The van der Waals surface area contributed by atoms with Crippen molar-refractivity contribution in [2.75, 3.05) is 33.4 Å². The summed E-state index contributed by atoms with van der Waals surface area (Å²) in [7, 11) is 1.56. The van der Waals surface area contributed by atoms with E-state index in [4.69, 9.17) is 14.2 Å². The number of Topliss-reactive ketones (excluding diaryl/α,β-unsaturated/α-hetero) is 1. The highest BCUT2D eigenvalue weighted by Crippen LogP contribution is 2.28. The Morgan fingerprint density at radius 3 is 2.30 bits per heavy atom. The van der Waals surface area contributed by atoms with Gasteiger partial charge in [0, 0.05) is 38.8 Å².